The van der Waals surface area contributed by atoms with Crippen LogP contribution in [0.25, 0.3) is 0 Å². The van der Waals surface area contributed by atoms with E-state index in [1.54, 1.807) is 0 Å². The first-order chi connectivity index (χ1) is 10.6. The van der Waals surface area contributed by atoms with Crippen LogP contribution in [-0.4, -0.2) is 63.3 Å². The molecular weight excluding hydrogens is 276 g/mol. The van der Waals surface area contributed by atoms with E-state index < -0.39 is 0 Å². The predicted molar refractivity (Wildman–Crippen MR) is 94.5 cm³/mol. The number of ether oxygens (including phenoxy) is 1. The molecule has 0 aromatic rings. The maximum atomic E-state index is 5.79. The Kier molecular flexibility index (Phi) is 9.48. The number of likely N-dealkylation sites (tertiary alicyclic amines) is 1. The van der Waals surface area contributed by atoms with E-state index in [2.05, 4.69) is 50.3 Å². The average molecular weight is 313 g/mol. The minimum atomic E-state index is 0.323. The number of rotatable bonds is 9. The topological polar surface area (TPSA) is 48.9 Å². The van der Waals surface area contributed by atoms with Crippen molar-refractivity contribution in [3.05, 3.63) is 0 Å². The highest BCUT2D eigenvalue weighted by Gasteiger charge is 2.19. The van der Waals surface area contributed by atoms with E-state index in [0.717, 1.165) is 38.6 Å². The lowest BCUT2D eigenvalue weighted by Crippen LogP contribution is -2.39. The van der Waals surface area contributed by atoms with Gasteiger partial charge in [-0.2, -0.15) is 0 Å². The normalized spacial score (nSPS) is 21.4. The molecule has 0 bridgehead atoms. The molecule has 0 aromatic carbocycles. The highest BCUT2D eigenvalue weighted by Crippen LogP contribution is 2.14. The number of hydrogen-bond donors (Lipinski definition) is 2. The van der Waals surface area contributed by atoms with Crippen molar-refractivity contribution < 1.29 is 4.74 Å². The van der Waals surface area contributed by atoms with E-state index in [1.165, 1.54) is 19.5 Å². The highest BCUT2D eigenvalue weighted by atomic mass is 16.5. The lowest BCUT2D eigenvalue weighted by molar-refractivity contribution is 0.0258. The summed E-state index contributed by atoms with van der Waals surface area (Å²) in [5.74, 6) is 2.19. The van der Waals surface area contributed by atoms with Gasteiger partial charge in [-0.25, -0.2) is 0 Å². The quantitative estimate of drug-likeness (QED) is 0.505. The predicted octanol–water partition coefficient (Wildman–Crippen LogP) is 1.94. The van der Waals surface area contributed by atoms with Crippen LogP contribution in [0.15, 0.2) is 4.99 Å². The van der Waals surface area contributed by atoms with Gasteiger partial charge in [-0.1, -0.05) is 13.8 Å². The number of nitrogens with zero attached hydrogens (tertiary/aromatic N) is 2. The minimum Gasteiger partial charge on any atom is -0.378 e. The first kappa shape index (κ1) is 19.2. The Morgan fingerprint density at radius 3 is 2.64 bits per heavy atom. The van der Waals surface area contributed by atoms with E-state index in [1.807, 2.05) is 0 Å². The summed E-state index contributed by atoms with van der Waals surface area (Å²) in [6, 6.07) is 0. The van der Waals surface area contributed by atoms with Gasteiger partial charge in [0.1, 0.15) is 0 Å². The molecule has 2 unspecified atom stereocenters. The molecule has 22 heavy (non-hydrogen) atoms. The standard InChI is InChI=1S/C17H36N4O/c1-6-18-17(20-12-15-9-11-21(5)13-15)19-10-8-16(14(3)4)22-7-2/h14-16H,6-13H2,1-5H3,(H2,18,19,20). The van der Waals surface area contributed by atoms with Crippen molar-refractivity contribution in [2.75, 3.05) is 46.4 Å². The van der Waals surface area contributed by atoms with Crippen LogP contribution in [0.3, 0.4) is 0 Å². The van der Waals surface area contributed by atoms with E-state index in [0.29, 0.717) is 17.9 Å². The molecule has 0 radical (unpaired) electrons. The summed E-state index contributed by atoms with van der Waals surface area (Å²) in [5, 5.41) is 6.78. The molecular formula is C17H36N4O. The summed E-state index contributed by atoms with van der Waals surface area (Å²) >= 11 is 0. The van der Waals surface area contributed by atoms with Gasteiger partial charge in [-0.15, -0.1) is 0 Å². The van der Waals surface area contributed by atoms with Crippen LogP contribution in [0, 0.1) is 11.8 Å². The van der Waals surface area contributed by atoms with Crippen molar-refractivity contribution >= 4 is 5.96 Å². The van der Waals surface area contributed by atoms with E-state index in [9.17, 15) is 0 Å². The highest BCUT2D eigenvalue weighted by molar-refractivity contribution is 5.79. The van der Waals surface area contributed by atoms with Gasteiger partial charge in [0.25, 0.3) is 0 Å². The van der Waals surface area contributed by atoms with E-state index in [4.69, 9.17) is 9.73 Å². The molecule has 1 aliphatic rings. The lowest BCUT2D eigenvalue weighted by Gasteiger charge is -2.21. The van der Waals surface area contributed by atoms with Crippen molar-refractivity contribution in [1.29, 1.82) is 0 Å². The Labute approximate surface area is 136 Å². The molecule has 5 heteroatoms. The second-order valence-electron chi connectivity index (χ2n) is 6.59. The number of nitrogens with one attached hydrogen (secondary N) is 2. The second-order valence-corrected chi connectivity index (χ2v) is 6.59. The fourth-order valence-corrected chi connectivity index (χ4v) is 2.89. The van der Waals surface area contributed by atoms with Gasteiger partial charge in [-0.3, -0.25) is 4.99 Å². The Morgan fingerprint density at radius 1 is 1.32 bits per heavy atom. The Balaban J connectivity index is 2.36. The molecule has 1 saturated heterocycles. The number of guanidine groups is 1. The van der Waals surface area contributed by atoms with Gasteiger partial charge in [0.2, 0.25) is 0 Å². The molecule has 1 heterocycles. The molecule has 2 atom stereocenters. The zero-order chi connectivity index (χ0) is 16.4. The third-order valence-corrected chi connectivity index (χ3v) is 4.19. The molecule has 0 aromatic heterocycles. The third kappa shape index (κ3) is 7.45. The molecule has 1 rings (SSSR count). The molecule has 2 N–H and O–H groups in total. The summed E-state index contributed by atoms with van der Waals surface area (Å²) in [6.07, 6.45) is 2.60. The number of hydrogen-bond acceptors (Lipinski definition) is 3. The molecule has 1 fully saturated rings. The van der Waals surface area contributed by atoms with Crippen LogP contribution in [-0.2, 0) is 4.74 Å². The Bertz CT molecular complexity index is 320. The zero-order valence-corrected chi connectivity index (χ0v) is 15.2. The van der Waals surface area contributed by atoms with Crippen molar-refractivity contribution in [1.82, 2.24) is 15.5 Å². The smallest absolute Gasteiger partial charge is 0.191 e. The largest absolute Gasteiger partial charge is 0.378 e. The molecule has 0 saturated carbocycles. The number of aliphatic imine (C=N–C) groups is 1. The van der Waals surface area contributed by atoms with Gasteiger partial charge >= 0.3 is 0 Å². The minimum absolute atomic E-state index is 0.323. The van der Waals surface area contributed by atoms with Gasteiger partial charge < -0.3 is 20.3 Å². The van der Waals surface area contributed by atoms with Crippen LogP contribution in [0.2, 0.25) is 0 Å². The fourth-order valence-electron chi connectivity index (χ4n) is 2.89. The van der Waals surface area contributed by atoms with Crippen LogP contribution in [0.1, 0.15) is 40.5 Å². The fraction of sp³-hybridized carbons (Fsp3) is 0.941. The van der Waals surface area contributed by atoms with Crippen molar-refractivity contribution in [2.45, 2.75) is 46.6 Å². The van der Waals surface area contributed by atoms with Crippen molar-refractivity contribution in [3.8, 4) is 0 Å². The average Bonchev–Trinajstić information content (AvgIpc) is 2.89. The summed E-state index contributed by atoms with van der Waals surface area (Å²) in [7, 11) is 2.19. The summed E-state index contributed by atoms with van der Waals surface area (Å²) < 4.78 is 5.79. The SMILES string of the molecule is CCNC(=NCC1CCN(C)C1)NCCC(OCC)C(C)C. The van der Waals surface area contributed by atoms with Crippen LogP contribution >= 0.6 is 0 Å². The van der Waals surface area contributed by atoms with E-state index in [-0.39, 0.29) is 0 Å². The third-order valence-electron chi connectivity index (χ3n) is 4.19. The van der Waals surface area contributed by atoms with Gasteiger partial charge in [0, 0.05) is 32.8 Å². The maximum Gasteiger partial charge on any atom is 0.191 e. The lowest BCUT2D eigenvalue weighted by atomic mass is 10.0. The van der Waals surface area contributed by atoms with Crippen molar-refractivity contribution in [3.63, 3.8) is 0 Å². The first-order valence-electron chi connectivity index (χ1n) is 8.89. The molecule has 0 spiro atoms. The van der Waals surface area contributed by atoms with Gasteiger partial charge in [-0.05, 0) is 52.1 Å². The molecule has 1 aliphatic heterocycles. The van der Waals surface area contributed by atoms with Crippen LogP contribution < -0.4 is 10.6 Å². The van der Waals surface area contributed by atoms with Crippen LogP contribution in [0.4, 0.5) is 0 Å². The first-order valence-corrected chi connectivity index (χ1v) is 8.89. The van der Waals surface area contributed by atoms with E-state index >= 15 is 0 Å². The van der Waals surface area contributed by atoms with Crippen molar-refractivity contribution in [2.24, 2.45) is 16.8 Å². The molecule has 0 aliphatic carbocycles. The molecule has 0 amide bonds. The van der Waals surface area contributed by atoms with Gasteiger partial charge in [0.15, 0.2) is 5.96 Å². The summed E-state index contributed by atoms with van der Waals surface area (Å²) in [6.45, 7) is 14.5. The van der Waals surface area contributed by atoms with Crippen LogP contribution in [0.5, 0.6) is 0 Å². The summed E-state index contributed by atoms with van der Waals surface area (Å²) in [5.41, 5.74) is 0. The molecule has 5 nitrogen and oxygen atoms in total. The Morgan fingerprint density at radius 2 is 2.09 bits per heavy atom. The van der Waals surface area contributed by atoms with Gasteiger partial charge in [0.05, 0.1) is 6.10 Å². The maximum absolute atomic E-state index is 5.79. The zero-order valence-electron chi connectivity index (χ0n) is 15.2. The molecule has 130 valence electrons. The Hall–Kier alpha value is -0.810. The summed E-state index contributed by atoms with van der Waals surface area (Å²) in [4.78, 5) is 7.13. The second kappa shape index (κ2) is 10.8. The monoisotopic (exact) mass is 312 g/mol.